The molecule has 35 heavy (non-hydrogen) atoms. The molecule has 1 fully saturated rings. The van der Waals surface area contributed by atoms with E-state index in [4.69, 9.17) is 4.74 Å². The van der Waals surface area contributed by atoms with E-state index in [9.17, 15) is 9.90 Å². The second-order valence-corrected chi connectivity index (χ2v) is 10.0. The third kappa shape index (κ3) is 6.87. The van der Waals surface area contributed by atoms with Crippen LogP contribution in [-0.2, 0) is 22.5 Å². The van der Waals surface area contributed by atoms with Crippen LogP contribution < -0.4 is 4.90 Å². The van der Waals surface area contributed by atoms with Crippen LogP contribution in [0.15, 0.2) is 55.1 Å². The maximum absolute atomic E-state index is 11.7. The predicted molar refractivity (Wildman–Crippen MR) is 143 cm³/mol. The van der Waals surface area contributed by atoms with Crippen molar-refractivity contribution in [3.8, 4) is 0 Å². The van der Waals surface area contributed by atoms with Crippen molar-refractivity contribution in [2.24, 2.45) is 5.41 Å². The lowest BCUT2D eigenvalue weighted by Crippen LogP contribution is -2.38. The van der Waals surface area contributed by atoms with E-state index in [1.165, 1.54) is 5.69 Å². The van der Waals surface area contributed by atoms with Gasteiger partial charge in [-0.15, -0.1) is 0 Å². The minimum atomic E-state index is -0.852. The summed E-state index contributed by atoms with van der Waals surface area (Å²) in [7, 11) is 0. The summed E-state index contributed by atoms with van der Waals surface area (Å²) in [5.74, 6) is -0.0858. The fraction of sp³-hybridized carbons (Fsp3) is 0.448. The van der Waals surface area contributed by atoms with Crippen molar-refractivity contribution in [3.63, 3.8) is 0 Å². The normalized spacial score (nSPS) is 16.0. The first kappa shape index (κ1) is 26.3. The van der Waals surface area contributed by atoms with Crippen molar-refractivity contribution in [3.05, 3.63) is 77.6 Å². The van der Waals surface area contributed by atoms with Gasteiger partial charge in [0.1, 0.15) is 12.4 Å². The molecule has 0 amide bonds. The maximum Gasteiger partial charge on any atom is 0.307 e. The van der Waals surface area contributed by atoms with Gasteiger partial charge in [-0.05, 0) is 68.9 Å². The van der Waals surface area contributed by atoms with Gasteiger partial charge in [-0.3, -0.25) is 9.78 Å². The first-order valence-corrected chi connectivity index (χ1v) is 12.3. The Balaban J connectivity index is 1.81. The summed E-state index contributed by atoms with van der Waals surface area (Å²) in [6.07, 6.45) is 11.7. The van der Waals surface area contributed by atoms with E-state index in [1.54, 1.807) is 0 Å². The number of aliphatic carboxylic acids is 1. The number of rotatable bonds is 10. The van der Waals surface area contributed by atoms with Gasteiger partial charge in [0.2, 0.25) is 0 Å². The molecule has 1 aliphatic rings. The third-order valence-corrected chi connectivity index (χ3v) is 6.86. The molecule has 0 saturated carbocycles. The SMILES string of the molecule is C=C(/C=C\C(=C/C)OCCn1cccc1C)c1cnc(C)c(CC(=O)O)c1N1CCC(C)(C)CC1. The number of hydrogen-bond donors (Lipinski definition) is 1. The number of aromatic nitrogens is 2. The predicted octanol–water partition coefficient (Wildman–Crippen LogP) is 5.94. The number of carbonyl (C=O) groups is 1. The first-order chi connectivity index (χ1) is 16.6. The lowest BCUT2D eigenvalue weighted by atomic mass is 9.82. The molecule has 2 aromatic heterocycles. The van der Waals surface area contributed by atoms with Crippen LogP contribution >= 0.6 is 0 Å². The lowest BCUT2D eigenvalue weighted by Gasteiger charge is -2.40. The molecular weight excluding hydrogens is 438 g/mol. The Labute approximate surface area is 209 Å². The van der Waals surface area contributed by atoms with Gasteiger partial charge < -0.3 is 19.3 Å². The van der Waals surface area contributed by atoms with E-state index < -0.39 is 5.97 Å². The smallest absolute Gasteiger partial charge is 0.307 e. The van der Waals surface area contributed by atoms with Gasteiger partial charge >= 0.3 is 5.97 Å². The Bertz CT molecular complexity index is 1110. The fourth-order valence-electron chi connectivity index (χ4n) is 4.44. The van der Waals surface area contributed by atoms with Gasteiger partial charge in [-0.25, -0.2) is 0 Å². The van der Waals surface area contributed by atoms with Gasteiger partial charge in [-0.2, -0.15) is 0 Å². The molecule has 0 unspecified atom stereocenters. The summed E-state index contributed by atoms with van der Waals surface area (Å²) in [5.41, 5.74) is 5.64. The van der Waals surface area contributed by atoms with Crippen LogP contribution in [0.25, 0.3) is 5.57 Å². The number of piperidine rings is 1. The average Bonchev–Trinajstić information content (AvgIpc) is 3.21. The van der Waals surface area contributed by atoms with E-state index in [0.717, 1.165) is 66.3 Å². The summed E-state index contributed by atoms with van der Waals surface area (Å²) in [6.45, 7) is 17.9. The number of allylic oxidation sites excluding steroid dienone is 4. The molecule has 0 radical (unpaired) electrons. The molecule has 188 valence electrons. The second kappa shape index (κ2) is 11.4. The molecule has 1 N–H and O–H groups in total. The number of carboxylic acids is 1. The Morgan fingerprint density at radius 2 is 1.97 bits per heavy atom. The molecule has 2 aromatic rings. The minimum absolute atomic E-state index is 0.0546. The van der Waals surface area contributed by atoms with E-state index in [0.29, 0.717) is 12.0 Å². The number of carboxylic acid groups (broad SMARTS) is 1. The van der Waals surface area contributed by atoms with E-state index in [2.05, 4.69) is 47.9 Å². The number of aryl methyl sites for hydroxylation is 2. The van der Waals surface area contributed by atoms with Crippen molar-refractivity contribution < 1.29 is 14.6 Å². The Morgan fingerprint density at radius 1 is 1.26 bits per heavy atom. The highest BCUT2D eigenvalue weighted by molar-refractivity contribution is 5.85. The molecule has 3 heterocycles. The molecule has 0 aliphatic carbocycles. The third-order valence-electron chi connectivity index (χ3n) is 6.86. The molecule has 6 nitrogen and oxygen atoms in total. The largest absolute Gasteiger partial charge is 0.492 e. The fourth-order valence-corrected chi connectivity index (χ4v) is 4.44. The van der Waals surface area contributed by atoms with E-state index in [-0.39, 0.29) is 6.42 Å². The standard InChI is InChI=1S/C29H39N3O3/c1-7-24(35-18-17-31-14-8-9-22(31)3)11-10-21(2)26-20-30-23(4)25(19-27(33)34)28(26)32-15-12-29(5,6)13-16-32/h7-11,14,20H,2,12-13,15-19H2,1,3-6H3,(H,33,34)/b11-10-,24-7+. The molecule has 1 saturated heterocycles. The number of pyridine rings is 1. The van der Waals surface area contributed by atoms with Crippen molar-refractivity contribution in [2.45, 2.75) is 60.4 Å². The average molecular weight is 478 g/mol. The highest BCUT2D eigenvalue weighted by Gasteiger charge is 2.29. The molecule has 3 rings (SSSR count). The van der Waals surface area contributed by atoms with Crippen molar-refractivity contribution in [1.82, 2.24) is 9.55 Å². The van der Waals surface area contributed by atoms with Crippen LogP contribution in [0.4, 0.5) is 5.69 Å². The monoisotopic (exact) mass is 477 g/mol. The van der Waals surface area contributed by atoms with Crippen molar-refractivity contribution >= 4 is 17.2 Å². The summed E-state index contributed by atoms with van der Waals surface area (Å²) in [4.78, 5) is 18.5. The number of hydrogen-bond acceptors (Lipinski definition) is 4. The molecule has 0 spiro atoms. The Hall–Kier alpha value is -3.28. The lowest BCUT2D eigenvalue weighted by molar-refractivity contribution is -0.136. The van der Waals surface area contributed by atoms with Crippen LogP contribution in [0, 0.1) is 19.3 Å². The maximum atomic E-state index is 11.7. The van der Waals surface area contributed by atoms with Crippen LogP contribution in [-0.4, -0.2) is 40.3 Å². The van der Waals surface area contributed by atoms with Gasteiger partial charge in [0.15, 0.2) is 0 Å². The molecule has 0 aromatic carbocycles. The first-order valence-electron chi connectivity index (χ1n) is 12.3. The summed E-state index contributed by atoms with van der Waals surface area (Å²) >= 11 is 0. The number of ether oxygens (including phenoxy) is 1. The highest BCUT2D eigenvalue weighted by Crippen LogP contribution is 2.38. The number of nitrogens with zero attached hydrogens (tertiary/aromatic N) is 3. The highest BCUT2D eigenvalue weighted by atomic mass is 16.5. The zero-order valence-corrected chi connectivity index (χ0v) is 21.8. The zero-order chi connectivity index (χ0) is 25.6. The van der Waals surface area contributed by atoms with Crippen molar-refractivity contribution in [2.75, 3.05) is 24.6 Å². The second-order valence-electron chi connectivity index (χ2n) is 10.0. The number of anilines is 1. The van der Waals surface area contributed by atoms with Crippen LogP contribution in [0.5, 0.6) is 0 Å². The van der Waals surface area contributed by atoms with E-state index >= 15 is 0 Å². The Kier molecular flexibility index (Phi) is 8.60. The topological polar surface area (TPSA) is 67.6 Å². The van der Waals surface area contributed by atoms with E-state index in [1.807, 2.05) is 50.5 Å². The summed E-state index contributed by atoms with van der Waals surface area (Å²) < 4.78 is 8.14. The van der Waals surface area contributed by atoms with Crippen LogP contribution in [0.3, 0.4) is 0 Å². The van der Waals surface area contributed by atoms with Gasteiger partial charge in [0.25, 0.3) is 0 Å². The summed E-state index contributed by atoms with van der Waals surface area (Å²) in [6, 6.07) is 4.11. The molecule has 6 heteroatoms. The van der Waals surface area contributed by atoms with Gasteiger partial charge in [-0.1, -0.05) is 26.5 Å². The van der Waals surface area contributed by atoms with Gasteiger partial charge in [0, 0.05) is 48.0 Å². The summed E-state index contributed by atoms with van der Waals surface area (Å²) in [5, 5.41) is 9.59. The van der Waals surface area contributed by atoms with Crippen LogP contribution in [0.1, 0.15) is 56.1 Å². The minimum Gasteiger partial charge on any atom is -0.492 e. The van der Waals surface area contributed by atoms with Crippen LogP contribution in [0.2, 0.25) is 0 Å². The molecule has 1 aliphatic heterocycles. The van der Waals surface area contributed by atoms with Crippen molar-refractivity contribution in [1.29, 1.82) is 0 Å². The zero-order valence-electron chi connectivity index (χ0n) is 21.8. The quantitative estimate of drug-likeness (QED) is 0.339. The van der Waals surface area contributed by atoms with Gasteiger partial charge in [0.05, 0.1) is 18.7 Å². The molecule has 0 bridgehead atoms. The molecule has 0 atom stereocenters. The molecular formula is C29H39N3O3. The Morgan fingerprint density at radius 3 is 2.57 bits per heavy atom.